The Morgan fingerprint density at radius 2 is 1.64 bits per heavy atom. The lowest BCUT2D eigenvalue weighted by Gasteiger charge is -2.57. The molecule has 2 saturated heterocycles. The van der Waals surface area contributed by atoms with Crippen LogP contribution in [0.5, 0.6) is 5.75 Å². The summed E-state index contributed by atoms with van der Waals surface area (Å²) in [5, 5.41) is 0. The van der Waals surface area contributed by atoms with Gasteiger partial charge in [0.2, 0.25) is 15.9 Å². The molecular formula is C31H38N2O8S. The molecule has 0 aromatic heterocycles. The monoisotopic (exact) mass is 598 g/mol. The van der Waals surface area contributed by atoms with Gasteiger partial charge in [-0.25, -0.2) is 8.42 Å². The number of rotatable bonds is 8. The van der Waals surface area contributed by atoms with Crippen molar-refractivity contribution in [2.45, 2.75) is 87.6 Å². The van der Waals surface area contributed by atoms with E-state index in [1.807, 2.05) is 31.2 Å². The number of piperidine rings is 1. The van der Waals surface area contributed by atoms with E-state index in [2.05, 4.69) is 0 Å². The van der Waals surface area contributed by atoms with Gasteiger partial charge in [-0.05, 0) is 68.9 Å². The number of sulfonamides is 1. The van der Waals surface area contributed by atoms with Crippen LogP contribution in [0.15, 0.2) is 53.4 Å². The topological polar surface area (TPSA) is 120 Å². The molecular weight excluding hydrogens is 560 g/mol. The van der Waals surface area contributed by atoms with Gasteiger partial charge in [-0.15, -0.1) is 0 Å². The van der Waals surface area contributed by atoms with Gasteiger partial charge in [0.15, 0.2) is 0 Å². The van der Waals surface area contributed by atoms with Crippen molar-refractivity contribution < 1.29 is 37.0 Å². The standard InChI is InChI=1S/C31H38N2O8S/c1-19-6-12-24(13-7-19)42(37,38)32(4)27-18-31-15-14-28(40-20(2)34)25(17-31)29(41-21(3)35)26(33(31)30(27)36)16-22-8-10-23(39-5)11-9-22/h6-13,25-29H,14-18H2,1-5H3/t25-,26-,27-,28+,29-,31-/m0/s1. The Kier molecular flexibility index (Phi) is 8.10. The quantitative estimate of drug-likeness (QED) is 0.425. The van der Waals surface area contributed by atoms with Gasteiger partial charge in [0.05, 0.1) is 18.0 Å². The first kappa shape index (κ1) is 30.0. The highest BCUT2D eigenvalue weighted by Crippen LogP contribution is 2.54. The normalized spacial score (nSPS) is 28.8. The van der Waals surface area contributed by atoms with Crippen molar-refractivity contribution in [2.75, 3.05) is 14.2 Å². The second-order valence-electron chi connectivity index (χ2n) is 11.7. The van der Waals surface area contributed by atoms with Gasteiger partial charge in [0.1, 0.15) is 24.0 Å². The summed E-state index contributed by atoms with van der Waals surface area (Å²) in [5.74, 6) is -0.898. The summed E-state index contributed by atoms with van der Waals surface area (Å²) in [5.41, 5.74) is 1.15. The van der Waals surface area contributed by atoms with Crippen molar-refractivity contribution >= 4 is 27.9 Å². The van der Waals surface area contributed by atoms with Crippen molar-refractivity contribution in [3.63, 3.8) is 0 Å². The Balaban J connectivity index is 1.56. The highest BCUT2D eigenvalue weighted by atomic mass is 32.2. The Morgan fingerprint density at radius 3 is 2.24 bits per heavy atom. The average molecular weight is 599 g/mol. The molecule has 2 aliphatic heterocycles. The largest absolute Gasteiger partial charge is 0.497 e. The van der Waals surface area contributed by atoms with Gasteiger partial charge in [-0.1, -0.05) is 29.8 Å². The van der Waals surface area contributed by atoms with E-state index in [1.54, 1.807) is 36.3 Å². The molecule has 0 unspecified atom stereocenters. The first-order valence-electron chi connectivity index (χ1n) is 14.2. The van der Waals surface area contributed by atoms with Crippen molar-refractivity contribution in [2.24, 2.45) is 5.92 Å². The summed E-state index contributed by atoms with van der Waals surface area (Å²) in [4.78, 5) is 40.7. The van der Waals surface area contributed by atoms with Crippen molar-refractivity contribution in [3.8, 4) is 5.75 Å². The molecule has 10 nitrogen and oxygen atoms in total. The minimum Gasteiger partial charge on any atom is -0.497 e. The van der Waals surface area contributed by atoms with E-state index in [9.17, 15) is 22.8 Å². The van der Waals surface area contributed by atoms with Crippen LogP contribution in [0.4, 0.5) is 0 Å². The Labute approximate surface area is 247 Å². The number of ether oxygens (including phenoxy) is 3. The number of hydrogen-bond donors (Lipinski definition) is 0. The third-order valence-corrected chi connectivity index (χ3v) is 11.0. The SMILES string of the molecule is COc1ccc(C[C@H]2[C@@H](OC(C)=O)[C@H]3C[C@@]4(CC[C@H]3OC(C)=O)C[C@H](N(C)S(=O)(=O)c3ccc(C)cc3)C(=O)N24)cc1. The van der Waals surface area contributed by atoms with Gasteiger partial charge in [-0.2, -0.15) is 4.31 Å². The Hall–Kier alpha value is -3.44. The van der Waals surface area contributed by atoms with E-state index in [1.165, 1.54) is 25.2 Å². The van der Waals surface area contributed by atoms with Crippen molar-refractivity contribution in [1.29, 1.82) is 0 Å². The summed E-state index contributed by atoms with van der Waals surface area (Å²) in [7, 11) is -0.936. The molecule has 0 radical (unpaired) electrons. The lowest BCUT2D eigenvalue weighted by atomic mass is 9.65. The zero-order valence-corrected chi connectivity index (χ0v) is 25.4. The smallest absolute Gasteiger partial charge is 0.302 e. The molecule has 1 spiro atoms. The molecule has 1 aliphatic carbocycles. The van der Waals surface area contributed by atoms with E-state index in [-0.39, 0.29) is 16.7 Å². The van der Waals surface area contributed by atoms with Gasteiger partial charge in [-0.3, -0.25) is 14.4 Å². The van der Waals surface area contributed by atoms with E-state index < -0.39 is 51.8 Å². The maximum atomic E-state index is 14.4. The summed E-state index contributed by atoms with van der Waals surface area (Å²) < 4.78 is 45.5. The van der Waals surface area contributed by atoms with Gasteiger partial charge >= 0.3 is 11.9 Å². The number of nitrogens with zero attached hydrogens (tertiary/aromatic N) is 2. The van der Waals surface area contributed by atoms with Crippen molar-refractivity contribution in [1.82, 2.24) is 9.21 Å². The number of fused-ring (bicyclic) bond motifs is 1. The fourth-order valence-electron chi connectivity index (χ4n) is 7.17. The molecule has 2 aromatic carbocycles. The maximum absolute atomic E-state index is 14.4. The molecule has 2 bridgehead atoms. The zero-order valence-electron chi connectivity index (χ0n) is 24.6. The van der Waals surface area contributed by atoms with E-state index in [0.29, 0.717) is 37.9 Å². The third kappa shape index (κ3) is 5.40. The van der Waals surface area contributed by atoms with Crippen LogP contribution in [0.2, 0.25) is 0 Å². The number of aryl methyl sites for hydroxylation is 1. The van der Waals surface area contributed by atoms with Crippen molar-refractivity contribution in [3.05, 3.63) is 59.7 Å². The van der Waals surface area contributed by atoms with Crippen LogP contribution in [0.1, 0.15) is 50.7 Å². The number of benzene rings is 2. The van der Waals surface area contributed by atoms with Gasteiger partial charge in [0.25, 0.3) is 0 Å². The Bertz CT molecular complexity index is 1460. The summed E-state index contributed by atoms with van der Waals surface area (Å²) in [6.07, 6.45) is 0.867. The zero-order chi connectivity index (χ0) is 30.4. The van der Waals surface area contributed by atoms with E-state index in [0.717, 1.165) is 11.1 Å². The average Bonchev–Trinajstić information content (AvgIpc) is 3.23. The first-order valence-corrected chi connectivity index (χ1v) is 15.7. The molecule has 3 fully saturated rings. The lowest BCUT2D eigenvalue weighted by molar-refractivity contribution is -0.195. The molecule has 226 valence electrons. The molecule has 11 heteroatoms. The number of amides is 1. The van der Waals surface area contributed by atoms with Gasteiger partial charge < -0.3 is 19.1 Å². The molecule has 1 saturated carbocycles. The molecule has 1 amide bonds. The van der Waals surface area contributed by atoms with Crippen LogP contribution in [-0.2, 0) is 40.3 Å². The minimum absolute atomic E-state index is 0.120. The molecule has 6 atom stereocenters. The lowest BCUT2D eigenvalue weighted by Crippen LogP contribution is -2.68. The minimum atomic E-state index is -3.97. The van der Waals surface area contributed by atoms with Crippen LogP contribution < -0.4 is 4.74 Å². The molecule has 2 aromatic rings. The molecule has 5 rings (SSSR count). The van der Waals surface area contributed by atoms with Gasteiger partial charge in [0, 0.05) is 32.4 Å². The predicted molar refractivity (Wildman–Crippen MR) is 153 cm³/mol. The van der Waals surface area contributed by atoms with Crippen LogP contribution in [0, 0.1) is 12.8 Å². The predicted octanol–water partition coefficient (Wildman–Crippen LogP) is 3.25. The number of carbonyl (C=O) groups excluding carboxylic acids is 3. The number of hydrogen-bond acceptors (Lipinski definition) is 8. The first-order chi connectivity index (χ1) is 19.9. The molecule has 42 heavy (non-hydrogen) atoms. The summed E-state index contributed by atoms with van der Waals surface area (Å²) >= 11 is 0. The highest BCUT2D eigenvalue weighted by Gasteiger charge is 2.65. The molecule has 3 aliphatic rings. The third-order valence-electron chi connectivity index (χ3n) is 9.09. The molecule has 2 heterocycles. The van der Waals surface area contributed by atoms with Crippen LogP contribution >= 0.6 is 0 Å². The number of methoxy groups -OCH3 is 1. The maximum Gasteiger partial charge on any atom is 0.302 e. The van der Waals surface area contributed by atoms with Crippen LogP contribution in [-0.4, -0.2) is 79.5 Å². The van der Waals surface area contributed by atoms with E-state index >= 15 is 0 Å². The van der Waals surface area contributed by atoms with E-state index in [4.69, 9.17) is 14.2 Å². The summed E-state index contributed by atoms with van der Waals surface area (Å²) in [6, 6.07) is 12.5. The number of esters is 2. The second-order valence-corrected chi connectivity index (χ2v) is 13.7. The number of likely N-dealkylation sites (N-methyl/N-ethyl adjacent to an activating group) is 1. The van der Waals surface area contributed by atoms with Crippen LogP contribution in [0.25, 0.3) is 0 Å². The summed E-state index contributed by atoms with van der Waals surface area (Å²) in [6.45, 7) is 4.56. The highest BCUT2D eigenvalue weighted by molar-refractivity contribution is 7.89. The fraction of sp³-hybridized carbons (Fsp3) is 0.516. The number of carbonyl (C=O) groups is 3. The Morgan fingerprint density at radius 1 is 1.00 bits per heavy atom. The second kappa shape index (κ2) is 11.3. The van der Waals surface area contributed by atoms with Crippen LogP contribution in [0.3, 0.4) is 0 Å². The fourth-order valence-corrected chi connectivity index (χ4v) is 8.48. The molecule has 0 N–H and O–H groups in total.